The molecule has 0 aliphatic carbocycles. The highest BCUT2D eigenvalue weighted by Crippen LogP contribution is 2.50. The number of methoxy groups -OCH3 is 2. The van der Waals surface area contributed by atoms with Crippen molar-refractivity contribution in [1.82, 2.24) is 25.5 Å². The van der Waals surface area contributed by atoms with Gasteiger partial charge in [-0.15, -0.1) is 0 Å². The monoisotopic (exact) mass is 1320 g/mol. The third-order valence-corrected chi connectivity index (χ3v) is 18.2. The fourth-order valence-corrected chi connectivity index (χ4v) is 13.1. The van der Waals surface area contributed by atoms with E-state index in [4.69, 9.17) is 46.9 Å². The number of hydrogen-bond donors (Lipinski definition) is 4. The van der Waals surface area contributed by atoms with Crippen LogP contribution in [0.2, 0.25) is 0 Å². The molecule has 514 valence electrons. The van der Waals surface area contributed by atoms with Gasteiger partial charge in [0, 0.05) is 97.2 Å². The summed E-state index contributed by atoms with van der Waals surface area (Å²) in [6.07, 6.45) is 2.68. The van der Waals surface area contributed by atoms with E-state index in [0.29, 0.717) is 95.5 Å². The Morgan fingerprint density at radius 1 is 0.677 bits per heavy atom. The number of phenolic OH excluding ortho intramolecular Hbond substituents is 1. The zero-order valence-electron chi connectivity index (χ0n) is 55.9. The molecule has 4 N–H and O–H groups in total. The molecule has 3 aromatic rings. The summed E-state index contributed by atoms with van der Waals surface area (Å²) in [6, 6.07) is 23.8. The van der Waals surface area contributed by atoms with Crippen LogP contribution in [-0.2, 0) is 76.6 Å². The summed E-state index contributed by atoms with van der Waals surface area (Å²) in [5, 5.41) is 28.5. The smallest absolute Gasteiger partial charge is 0.303 e. The molecule has 93 heavy (non-hydrogen) atoms. The molecule has 0 aromatic heterocycles. The molecule has 6 atom stereocenters. The fourth-order valence-electron chi connectivity index (χ4n) is 11.4. The Bertz CT molecular complexity index is 2790. The lowest BCUT2D eigenvalue weighted by atomic mass is 9.77. The molecule has 2 heterocycles. The van der Waals surface area contributed by atoms with Gasteiger partial charge in [-0.05, 0) is 132 Å². The predicted octanol–water partition coefficient (Wildman–Crippen LogP) is 8.82. The number of carbonyl (C=O) groups excluding carboxylic acids is 7. The van der Waals surface area contributed by atoms with Crippen molar-refractivity contribution < 1.29 is 85.6 Å². The van der Waals surface area contributed by atoms with E-state index in [1.165, 1.54) is 13.8 Å². The minimum atomic E-state index is -1.60. The first-order valence-electron chi connectivity index (χ1n) is 32.3. The van der Waals surface area contributed by atoms with Gasteiger partial charge < -0.3 is 72.9 Å². The quantitative estimate of drug-likeness (QED) is 0.0136. The van der Waals surface area contributed by atoms with E-state index < -0.39 is 74.0 Å². The number of likely N-dealkylation sites (tertiary alicyclic amines) is 1. The number of piperidine rings is 1. The Balaban J connectivity index is 1.08. The number of benzene rings is 3. The lowest BCUT2D eigenvalue weighted by molar-refractivity contribution is -0.277. The summed E-state index contributed by atoms with van der Waals surface area (Å²) < 4.78 is 62.2. The predicted molar refractivity (Wildman–Crippen MR) is 346 cm³/mol. The number of aromatic hydroxyl groups is 1. The summed E-state index contributed by atoms with van der Waals surface area (Å²) in [7, 11) is 1.64. The lowest BCUT2D eigenvalue weighted by Gasteiger charge is -2.45. The Morgan fingerprint density at radius 2 is 1.19 bits per heavy atom. The number of unbranched alkanes of at least 4 members (excludes halogenated alkanes) is 5. The molecule has 0 spiro atoms. The van der Waals surface area contributed by atoms with Crippen LogP contribution in [0.3, 0.4) is 0 Å². The Labute approximate surface area is 549 Å². The topological polar surface area (TPSA) is 298 Å². The first-order chi connectivity index (χ1) is 44.5. The first kappa shape index (κ1) is 76.7. The van der Waals surface area contributed by atoms with Crippen molar-refractivity contribution in [3.05, 3.63) is 89.5 Å². The van der Waals surface area contributed by atoms with E-state index in [0.717, 1.165) is 49.8 Å². The lowest BCUT2D eigenvalue weighted by Crippen LogP contribution is -2.66. The molecule has 4 amide bonds. The van der Waals surface area contributed by atoms with Gasteiger partial charge in [0.1, 0.15) is 41.6 Å². The zero-order chi connectivity index (χ0) is 67.9. The summed E-state index contributed by atoms with van der Waals surface area (Å²) in [6.45, 7) is 15.5. The molecule has 0 radical (unpaired) electrons. The van der Waals surface area contributed by atoms with Crippen molar-refractivity contribution in [2.75, 3.05) is 73.4 Å². The van der Waals surface area contributed by atoms with E-state index in [-0.39, 0.29) is 81.4 Å². The maximum atomic E-state index is 13.9. The summed E-state index contributed by atoms with van der Waals surface area (Å²) in [4.78, 5) is 89.2. The van der Waals surface area contributed by atoms with Crippen LogP contribution < -0.4 is 25.4 Å². The average molecular weight is 1320 g/mol. The minimum Gasteiger partial charge on any atom is -0.508 e. The van der Waals surface area contributed by atoms with Gasteiger partial charge in [-0.2, -0.15) is 5.26 Å². The molecule has 6 unspecified atom stereocenters. The molecule has 0 bridgehead atoms. The van der Waals surface area contributed by atoms with E-state index in [1.54, 1.807) is 26.4 Å². The zero-order valence-corrected chi connectivity index (χ0v) is 56.8. The highest BCUT2D eigenvalue weighted by molar-refractivity contribution is 7.44. The maximum absolute atomic E-state index is 13.9. The molecule has 25 heteroatoms. The van der Waals surface area contributed by atoms with Crippen LogP contribution >= 0.6 is 8.53 Å². The number of rotatable bonds is 40. The molecular formula is C68H99N6O18P. The molecule has 0 saturated carbocycles. The number of hydrogen-bond acceptors (Lipinski definition) is 20. The molecule has 5 rings (SSSR count). The molecule has 24 nitrogen and oxygen atoms in total. The van der Waals surface area contributed by atoms with Crippen LogP contribution in [0, 0.1) is 16.7 Å². The van der Waals surface area contributed by atoms with E-state index in [1.807, 2.05) is 65.6 Å². The standard InChI is InChI=1S/C68H99N6O18P/c1-47(2)74(48(3)4)93(88-43-19-37-69)89-46-67(45-87-68(53-23-29-56(79)30-24-53,54-25-31-57(83-9)32-26-54)55-27-33-58(84-10)34-28-55)35-40-73(41-36-67)62(82)22-14-12-17-39-70-60(80)20-13-11-16-38-71-61(81)21-15-18-42-85-66-63(72-49(5)75)65(91-52(8)78)64(90-51(7)77)59(92-66)44-86-50(6)76/h23-34,47-48,59,63-66,79H,11-22,35-36,38-46H2,1-10H3,(H,70,80)(H,71,81)(H,72,75). The Hall–Kier alpha value is -6.97. The number of phenols is 1. The number of nitriles is 1. The normalized spacial score (nSPS) is 18.2. The number of nitrogens with one attached hydrogen (secondary N) is 3. The summed E-state index contributed by atoms with van der Waals surface area (Å²) in [5.41, 5.74) is 0.633. The molecule has 2 fully saturated rings. The third-order valence-electron chi connectivity index (χ3n) is 16.1. The second-order valence-corrected chi connectivity index (χ2v) is 25.5. The van der Waals surface area contributed by atoms with Crippen molar-refractivity contribution in [3.8, 4) is 23.3 Å². The van der Waals surface area contributed by atoms with Crippen molar-refractivity contribution in [2.24, 2.45) is 5.41 Å². The van der Waals surface area contributed by atoms with Crippen molar-refractivity contribution >= 4 is 50.1 Å². The number of esters is 3. The minimum absolute atomic E-state index is 0.0501. The summed E-state index contributed by atoms with van der Waals surface area (Å²) >= 11 is 0. The highest BCUT2D eigenvalue weighted by atomic mass is 31.2. The Morgan fingerprint density at radius 3 is 1.69 bits per heavy atom. The molecule has 2 aliphatic rings. The van der Waals surface area contributed by atoms with Crippen molar-refractivity contribution in [2.45, 2.75) is 194 Å². The van der Waals surface area contributed by atoms with Crippen LogP contribution in [0.15, 0.2) is 72.8 Å². The van der Waals surface area contributed by atoms with Gasteiger partial charge in [-0.3, -0.25) is 33.6 Å². The molecule has 2 aliphatic heterocycles. The van der Waals surface area contributed by atoms with Gasteiger partial charge in [0.15, 0.2) is 18.5 Å². The maximum Gasteiger partial charge on any atom is 0.303 e. The van der Waals surface area contributed by atoms with E-state index in [9.17, 15) is 43.9 Å². The molecular weight excluding hydrogens is 1220 g/mol. The largest absolute Gasteiger partial charge is 0.508 e. The molecule has 2 saturated heterocycles. The van der Waals surface area contributed by atoms with Crippen LogP contribution in [-0.4, -0.2) is 172 Å². The molecule has 3 aromatic carbocycles. The van der Waals surface area contributed by atoms with Gasteiger partial charge in [-0.25, -0.2) is 4.67 Å². The van der Waals surface area contributed by atoms with E-state index >= 15 is 0 Å². The highest BCUT2D eigenvalue weighted by Gasteiger charge is 2.52. The van der Waals surface area contributed by atoms with Gasteiger partial charge in [0.25, 0.3) is 8.53 Å². The SMILES string of the molecule is COc1ccc(C(OCC2(COP(OCCC#N)N(C(C)C)C(C)C)CCN(C(=O)CCCCCNC(=O)CCCCCNC(=O)CCCCOC3OC(COC(C)=O)C(OC(C)=O)C(OC(C)=O)C3NC(C)=O)CC2)(c2ccc(O)cc2)c2ccc(OC)cc2)cc1. The van der Waals surface area contributed by atoms with Crippen LogP contribution in [0.25, 0.3) is 0 Å². The first-order valence-corrected chi connectivity index (χ1v) is 33.4. The van der Waals surface area contributed by atoms with Crippen LogP contribution in [0.5, 0.6) is 17.2 Å². The van der Waals surface area contributed by atoms with Gasteiger partial charge in [-0.1, -0.05) is 49.2 Å². The fraction of sp³-hybridized carbons (Fsp3) is 0.618. The van der Waals surface area contributed by atoms with Gasteiger partial charge >= 0.3 is 17.9 Å². The van der Waals surface area contributed by atoms with E-state index in [2.05, 4.69) is 54.4 Å². The van der Waals surface area contributed by atoms with Gasteiger partial charge in [0.2, 0.25) is 23.6 Å². The second-order valence-electron chi connectivity index (χ2n) is 24.0. The number of carbonyl (C=O) groups is 7. The third kappa shape index (κ3) is 24.7. The van der Waals surface area contributed by atoms with Crippen molar-refractivity contribution in [1.29, 1.82) is 5.26 Å². The average Bonchev–Trinajstić information content (AvgIpc) is 0.764. The second kappa shape index (κ2) is 39.7. The number of ether oxygens (including phenoxy) is 8. The van der Waals surface area contributed by atoms with Crippen LogP contribution in [0.4, 0.5) is 0 Å². The van der Waals surface area contributed by atoms with Gasteiger partial charge in [0.05, 0.1) is 46.5 Å². The van der Waals surface area contributed by atoms with Crippen molar-refractivity contribution in [3.63, 3.8) is 0 Å². The Kier molecular flexibility index (Phi) is 32.7. The van der Waals surface area contributed by atoms with Crippen LogP contribution in [0.1, 0.15) is 162 Å². The number of nitrogens with zero attached hydrogens (tertiary/aromatic N) is 3. The summed E-state index contributed by atoms with van der Waals surface area (Å²) in [5.74, 6) is -1.21. The number of amides is 4.